The van der Waals surface area contributed by atoms with Crippen molar-refractivity contribution in [3.8, 4) is 0 Å². The van der Waals surface area contributed by atoms with Crippen LogP contribution in [0.1, 0.15) is 37.7 Å². The molecule has 0 unspecified atom stereocenters. The summed E-state index contributed by atoms with van der Waals surface area (Å²) in [6.07, 6.45) is 0. The number of esters is 1. The van der Waals surface area contributed by atoms with E-state index in [2.05, 4.69) is 5.10 Å². The van der Waals surface area contributed by atoms with E-state index in [0.29, 0.717) is 29.1 Å². The first kappa shape index (κ1) is 19.9. The molecule has 2 aromatic carbocycles. The van der Waals surface area contributed by atoms with Crippen LogP contribution in [0.5, 0.6) is 0 Å². The van der Waals surface area contributed by atoms with Crippen molar-refractivity contribution >= 4 is 17.4 Å². The summed E-state index contributed by atoms with van der Waals surface area (Å²) in [4.78, 5) is 34.8. The maximum Gasteiger partial charge on any atom is 0.338 e. The van der Waals surface area contributed by atoms with Gasteiger partial charge in [0.05, 0.1) is 17.0 Å². The Morgan fingerprint density at radius 2 is 1.69 bits per heavy atom. The van der Waals surface area contributed by atoms with E-state index in [1.165, 1.54) is 0 Å². The zero-order valence-electron chi connectivity index (χ0n) is 16.0. The van der Waals surface area contributed by atoms with Crippen LogP contribution in [0.2, 0.25) is 0 Å². The number of Topliss-reactive ketones (excluding diaryl/α,β-unsaturated/α-hetero) is 1. The fraction of sp³-hybridized carbons (Fsp3) is 0.190. The SMILES string of the molecule is Cc1nn(Cc2ccc(C(=O)OCC(=O)c3ccccc3)cc2)c(C)c1[N+](=O)[O-]. The minimum absolute atomic E-state index is 0.00767. The number of nitrogens with zero attached hydrogens (tertiary/aromatic N) is 3. The number of carbonyl (C=O) groups excluding carboxylic acids is 2. The van der Waals surface area contributed by atoms with Crippen LogP contribution in [0.3, 0.4) is 0 Å². The molecule has 29 heavy (non-hydrogen) atoms. The first-order valence-corrected chi connectivity index (χ1v) is 8.89. The van der Waals surface area contributed by atoms with Gasteiger partial charge in [-0.05, 0) is 31.5 Å². The first-order valence-electron chi connectivity index (χ1n) is 8.89. The maximum absolute atomic E-state index is 12.2. The van der Waals surface area contributed by atoms with Crippen molar-refractivity contribution in [3.63, 3.8) is 0 Å². The highest BCUT2D eigenvalue weighted by Crippen LogP contribution is 2.22. The summed E-state index contributed by atoms with van der Waals surface area (Å²) in [7, 11) is 0. The molecule has 0 aliphatic carbocycles. The van der Waals surface area contributed by atoms with Crippen molar-refractivity contribution in [1.29, 1.82) is 0 Å². The topological polar surface area (TPSA) is 104 Å². The average Bonchev–Trinajstić information content (AvgIpc) is 3.00. The highest BCUT2D eigenvalue weighted by Gasteiger charge is 2.21. The lowest BCUT2D eigenvalue weighted by Crippen LogP contribution is -2.14. The molecule has 0 saturated heterocycles. The lowest BCUT2D eigenvalue weighted by molar-refractivity contribution is -0.386. The normalized spacial score (nSPS) is 10.6. The molecule has 1 aromatic heterocycles. The maximum atomic E-state index is 12.2. The van der Waals surface area contributed by atoms with Crippen molar-refractivity contribution in [2.24, 2.45) is 0 Å². The fourth-order valence-electron chi connectivity index (χ4n) is 2.95. The van der Waals surface area contributed by atoms with Crippen LogP contribution in [0.25, 0.3) is 0 Å². The third-order valence-corrected chi connectivity index (χ3v) is 4.48. The van der Waals surface area contributed by atoms with Gasteiger partial charge in [-0.15, -0.1) is 0 Å². The number of benzene rings is 2. The number of carbonyl (C=O) groups is 2. The van der Waals surface area contributed by atoms with Crippen molar-refractivity contribution < 1.29 is 19.2 Å². The van der Waals surface area contributed by atoms with Gasteiger partial charge in [-0.3, -0.25) is 19.6 Å². The Morgan fingerprint density at radius 3 is 2.28 bits per heavy atom. The Kier molecular flexibility index (Phi) is 5.82. The Balaban J connectivity index is 1.63. The molecule has 0 radical (unpaired) electrons. The molecule has 1 heterocycles. The second kappa shape index (κ2) is 8.47. The van der Waals surface area contributed by atoms with E-state index >= 15 is 0 Å². The molecule has 8 heteroatoms. The van der Waals surface area contributed by atoms with Crippen LogP contribution in [0, 0.1) is 24.0 Å². The molecular formula is C21H19N3O5. The molecule has 0 atom stereocenters. The molecule has 8 nitrogen and oxygen atoms in total. The van der Waals surface area contributed by atoms with Gasteiger partial charge in [-0.1, -0.05) is 42.5 Å². The van der Waals surface area contributed by atoms with E-state index in [0.717, 1.165) is 5.56 Å². The van der Waals surface area contributed by atoms with Crippen molar-refractivity contribution in [2.75, 3.05) is 6.61 Å². The van der Waals surface area contributed by atoms with E-state index < -0.39 is 10.9 Å². The third kappa shape index (κ3) is 4.55. The Bertz CT molecular complexity index is 1060. The molecule has 0 spiro atoms. The van der Waals surface area contributed by atoms with Gasteiger partial charge in [0.15, 0.2) is 12.4 Å². The van der Waals surface area contributed by atoms with Gasteiger partial charge in [0.1, 0.15) is 11.4 Å². The summed E-state index contributed by atoms with van der Waals surface area (Å²) in [5.74, 6) is -0.871. The standard InChI is InChI=1S/C21H19N3O5/c1-14-20(24(27)28)15(2)23(22-14)12-16-8-10-18(11-9-16)21(26)29-13-19(25)17-6-4-3-5-7-17/h3-11H,12-13H2,1-2H3. The van der Waals surface area contributed by atoms with Crippen LogP contribution < -0.4 is 0 Å². The van der Waals surface area contributed by atoms with Gasteiger partial charge < -0.3 is 4.74 Å². The summed E-state index contributed by atoms with van der Waals surface area (Å²) in [6.45, 7) is 3.24. The predicted octanol–water partition coefficient (Wildman–Crippen LogP) is 3.50. The second-order valence-electron chi connectivity index (χ2n) is 6.50. The molecule has 0 amide bonds. The Hall–Kier alpha value is -3.81. The van der Waals surface area contributed by atoms with E-state index in [-0.39, 0.29) is 18.1 Å². The molecule has 3 aromatic rings. The van der Waals surface area contributed by atoms with Crippen LogP contribution in [0.15, 0.2) is 54.6 Å². The van der Waals surface area contributed by atoms with Crippen LogP contribution >= 0.6 is 0 Å². The van der Waals surface area contributed by atoms with Gasteiger partial charge in [0.25, 0.3) is 0 Å². The number of aryl methyl sites for hydroxylation is 1. The van der Waals surface area contributed by atoms with Crippen molar-refractivity contribution in [2.45, 2.75) is 20.4 Å². The number of nitro groups is 1. The molecule has 0 aliphatic heterocycles. The lowest BCUT2D eigenvalue weighted by atomic mass is 10.1. The van der Waals surface area contributed by atoms with Crippen LogP contribution in [0.4, 0.5) is 5.69 Å². The third-order valence-electron chi connectivity index (χ3n) is 4.48. The van der Waals surface area contributed by atoms with E-state index in [1.54, 1.807) is 73.1 Å². The number of rotatable bonds is 7. The fourth-order valence-corrected chi connectivity index (χ4v) is 2.95. The average molecular weight is 393 g/mol. The quantitative estimate of drug-likeness (QED) is 0.263. The Labute approximate surface area is 166 Å². The molecule has 0 bridgehead atoms. The smallest absolute Gasteiger partial charge is 0.338 e. The molecule has 0 aliphatic rings. The molecule has 0 fully saturated rings. The summed E-state index contributed by atoms with van der Waals surface area (Å²) >= 11 is 0. The molecular weight excluding hydrogens is 374 g/mol. The molecule has 0 N–H and O–H groups in total. The number of aromatic nitrogens is 2. The largest absolute Gasteiger partial charge is 0.454 e. The van der Waals surface area contributed by atoms with Crippen LogP contribution in [-0.4, -0.2) is 33.1 Å². The molecule has 0 saturated carbocycles. The van der Waals surface area contributed by atoms with Gasteiger partial charge in [0.2, 0.25) is 0 Å². The van der Waals surface area contributed by atoms with E-state index in [4.69, 9.17) is 4.74 Å². The summed E-state index contributed by atoms with van der Waals surface area (Å²) in [5.41, 5.74) is 2.45. The van der Waals surface area contributed by atoms with Crippen molar-refractivity contribution in [3.05, 3.63) is 92.8 Å². The highest BCUT2D eigenvalue weighted by atomic mass is 16.6. The summed E-state index contributed by atoms with van der Waals surface area (Å²) in [5, 5.41) is 15.3. The highest BCUT2D eigenvalue weighted by molar-refractivity contribution is 5.99. The number of hydrogen-bond acceptors (Lipinski definition) is 6. The minimum Gasteiger partial charge on any atom is -0.454 e. The number of ketones is 1. The zero-order chi connectivity index (χ0) is 21.0. The van der Waals surface area contributed by atoms with Gasteiger partial charge in [-0.2, -0.15) is 5.10 Å². The second-order valence-corrected chi connectivity index (χ2v) is 6.50. The van der Waals surface area contributed by atoms with E-state index in [9.17, 15) is 19.7 Å². The minimum atomic E-state index is -0.595. The number of ether oxygens (including phenoxy) is 1. The van der Waals surface area contributed by atoms with Crippen molar-refractivity contribution in [1.82, 2.24) is 9.78 Å². The van der Waals surface area contributed by atoms with Gasteiger partial charge >= 0.3 is 11.7 Å². The number of hydrogen-bond donors (Lipinski definition) is 0. The van der Waals surface area contributed by atoms with Gasteiger partial charge in [0, 0.05) is 5.56 Å². The molecule has 148 valence electrons. The summed E-state index contributed by atoms with van der Waals surface area (Å²) in [6, 6.07) is 15.2. The lowest BCUT2D eigenvalue weighted by Gasteiger charge is -2.07. The predicted molar refractivity (Wildman–Crippen MR) is 105 cm³/mol. The van der Waals surface area contributed by atoms with Crippen LogP contribution in [-0.2, 0) is 11.3 Å². The monoisotopic (exact) mass is 393 g/mol. The zero-order valence-corrected chi connectivity index (χ0v) is 16.0. The molecule has 3 rings (SSSR count). The van der Waals surface area contributed by atoms with E-state index in [1.807, 2.05) is 0 Å². The Morgan fingerprint density at radius 1 is 1.03 bits per heavy atom. The van der Waals surface area contributed by atoms with Gasteiger partial charge in [-0.25, -0.2) is 4.79 Å². The first-order chi connectivity index (χ1) is 13.9. The summed E-state index contributed by atoms with van der Waals surface area (Å²) < 4.78 is 6.64.